The number of hydrogen-bond donors (Lipinski definition) is 0. The van der Waals surface area contributed by atoms with Crippen molar-refractivity contribution in [2.75, 3.05) is 39.9 Å². The van der Waals surface area contributed by atoms with Crippen molar-refractivity contribution in [2.45, 2.75) is 58.5 Å². The summed E-state index contributed by atoms with van der Waals surface area (Å²) in [5.41, 5.74) is 2.37. The topological polar surface area (TPSA) is 79.4 Å². The fourth-order valence-corrected chi connectivity index (χ4v) is 5.69. The molecule has 2 fully saturated rings. The highest BCUT2D eigenvalue weighted by molar-refractivity contribution is 6.07. The molecule has 1 spiro atoms. The molecule has 0 saturated carbocycles. The Morgan fingerprint density at radius 3 is 2.33 bits per heavy atom. The van der Waals surface area contributed by atoms with Gasteiger partial charge in [-0.05, 0) is 60.9 Å². The molecule has 2 aromatic rings. The standard InChI is InChI=1S/C31H41N3O5/c1-5-39-28(35)20-25-7-6-8-26(19-25)22-32-17-14-31(15-18-32)29(36)33(21-23(2)3)30(37)34(31)16-13-24-9-11-27(38-4)12-10-24/h6-12,19,23H,5,13-18,20-22H2,1-4H3. The maximum atomic E-state index is 13.8. The maximum Gasteiger partial charge on any atom is 0.327 e. The summed E-state index contributed by atoms with van der Waals surface area (Å²) in [7, 11) is 1.64. The van der Waals surface area contributed by atoms with Crippen molar-refractivity contribution in [3.8, 4) is 5.75 Å². The molecule has 2 aromatic carbocycles. The number of urea groups is 1. The smallest absolute Gasteiger partial charge is 0.327 e. The molecular formula is C31H41N3O5. The van der Waals surface area contributed by atoms with Crippen molar-refractivity contribution in [3.63, 3.8) is 0 Å². The molecule has 2 aliphatic rings. The Labute approximate surface area is 231 Å². The van der Waals surface area contributed by atoms with Crippen LogP contribution in [0.3, 0.4) is 0 Å². The fraction of sp³-hybridized carbons (Fsp3) is 0.516. The highest BCUT2D eigenvalue weighted by Gasteiger charge is 2.57. The van der Waals surface area contributed by atoms with E-state index in [-0.39, 0.29) is 30.2 Å². The monoisotopic (exact) mass is 535 g/mol. The van der Waals surface area contributed by atoms with Crippen molar-refractivity contribution < 1.29 is 23.9 Å². The first-order valence-electron chi connectivity index (χ1n) is 14.0. The van der Waals surface area contributed by atoms with Crippen LogP contribution in [0.1, 0.15) is 50.3 Å². The first-order valence-corrected chi connectivity index (χ1v) is 14.0. The fourth-order valence-electron chi connectivity index (χ4n) is 5.69. The highest BCUT2D eigenvalue weighted by Crippen LogP contribution is 2.38. The third-order valence-electron chi connectivity index (χ3n) is 7.69. The number of ether oxygens (including phenoxy) is 2. The molecule has 2 aliphatic heterocycles. The average molecular weight is 536 g/mol. The predicted octanol–water partition coefficient (Wildman–Crippen LogP) is 4.30. The van der Waals surface area contributed by atoms with E-state index in [1.165, 1.54) is 4.90 Å². The Hall–Kier alpha value is -3.39. The summed E-state index contributed by atoms with van der Waals surface area (Å²) in [6, 6.07) is 15.7. The Bertz CT molecular complexity index is 1160. The van der Waals surface area contributed by atoms with E-state index in [0.29, 0.717) is 39.0 Å². The molecule has 0 radical (unpaired) electrons. The summed E-state index contributed by atoms with van der Waals surface area (Å²) in [4.78, 5) is 44.9. The maximum absolute atomic E-state index is 13.8. The van der Waals surface area contributed by atoms with E-state index in [0.717, 1.165) is 42.1 Å². The Morgan fingerprint density at radius 1 is 1.00 bits per heavy atom. The van der Waals surface area contributed by atoms with Gasteiger partial charge in [0, 0.05) is 32.7 Å². The number of nitrogens with zero attached hydrogens (tertiary/aromatic N) is 3. The number of imide groups is 1. The van der Waals surface area contributed by atoms with E-state index in [2.05, 4.69) is 17.0 Å². The molecule has 0 N–H and O–H groups in total. The van der Waals surface area contributed by atoms with E-state index >= 15 is 0 Å². The number of methoxy groups -OCH3 is 1. The highest BCUT2D eigenvalue weighted by atomic mass is 16.5. The number of esters is 1. The van der Waals surface area contributed by atoms with Crippen LogP contribution < -0.4 is 4.74 Å². The van der Waals surface area contributed by atoms with Crippen LogP contribution in [0.5, 0.6) is 5.75 Å². The second-order valence-corrected chi connectivity index (χ2v) is 11.0. The number of piperidine rings is 1. The van der Waals surface area contributed by atoms with E-state index < -0.39 is 5.54 Å². The lowest BCUT2D eigenvalue weighted by Gasteiger charge is -2.42. The molecule has 2 saturated heterocycles. The van der Waals surface area contributed by atoms with Crippen molar-refractivity contribution in [2.24, 2.45) is 5.92 Å². The van der Waals surface area contributed by atoms with Gasteiger partial charge in [-0.3, -0.25) is 19.4 Å². The number of hydrogen-bond acceptors (Lipinski definition) is 6. The quantitative estimate of drug-likeness (QED) is 0.315. The third-order valence-corrected chi connectivity index (χ3v) is 7.69. The zero-order chi connectivity index (χ0) is 28.0. The molecule has 0 bridgehead atoms. The lowest BCUT2D eigenvalue weighted by atomic mass is 9.85. The van der Waals surface area contributed by atoms with Crippen LogP contribution in [-0.2, 0) is 33.7 Å². The largest absolute Gasteiger partial charge is 0.497 e. The summed E-state index contributed by atoms with van der Waals surface area (Å²) < 4.78 is 10.3. The van der Waals surface area contributed by atoms with Crippen molar-refractivity contribution in [1.29, 1.82) is 0 Å². The van der Waals surface area contributed by atoms with Crippen LogP contribution in [0.2, 0.25) is 0 Å². The molecule has 0 unspecified atom stereocenters. The molecule has 0 aliphatic carbocycles. The molecule has 4 rings (SSSR count). The molecule has 0 atom stereocenters. The number of benzene rings is 2. The van der Waals surface area contributed by atoms with E-state index in [1.54, 1.807) is 7.11 Å². The van der Waals surface area contributed by atoms with Gasteiger partial charge in [-0.15, -0.1) is 0 Å². The molecule has 0 aromatic heterocycles. The van der Waals surface area contributed by atoms with E-state index in [4.69, 9.17) is 9.47 Å². The SMILES string of the molecule is CCOC(=O)Cc1cccc(CN2CCC3(CC2)C(=O)N(CC(C)C)C(=O)N3CCc2ccc(OC)cc2)c1. The summed E-state index contributed by atoms with van der Waals surface area (Å²) in [5, 5.41) is 0. The van der Waals surface area contributed by atoms with Gasteiger partial charge in [-0.25, -0.2) is 4.79 Å². The molecule has 210 valence electrons. The predicted molar refractivity (Wildman–Crippen MR) is 149 cm³/mol. The second kappa shape index (κ2) is 12.6. The minimum absolute atomic E-state index is 0.0491. The van der Waals surface area contributed by atoms with Gasteiger partial charge in [0.2, 0.25) is 0 Å². The minimum atomic E-state index is -0.791. The zero-order valence-corrected chi connectivity index (χ0v) is 23.7. The van der Waals surface area contributed by atoms with Gasteiger partial charge < -0.3 is 14.4 Å². The normalized spacial score (nSPS) is 17.4. The van der Waals surface area contributed by atoms with Gasteiger partial charge in [0.05, 0.1) is 20.1 Å². The van der Waals surface area contributed by atoms with Gasteiger partial charge in [0.1, 0.15) is 11.3 Å². The molecule has 3 amide bonds. The van der Waals surface area contributed by atoms with Crippen LogP contribution in [-0.4, -0.2) is 78.0 Å². The summed E-state index contributed by atoms with van der Waals surface area (Å²) in [5.74, 6) is 0.731. The molecular weight excluding hydrogens is 494 g/mol. The van der Waals surface area contributed by atoms with Crippen LogP contribution in [0, 0.1) is 5.92 Å². The Kier molecular flexibility index (Phi) is 9.28. The average Bonchev–Trinajstić information content (AvgIpc) is 3.10. The van der Waals surface area contributed by atoms with Crippen molar-refractivity contribution >= 4 is 17.9 Å². The first kappa shape index (κ1) is 28.6. The lowest BCUT2D eigenvalue weighted by Crippen LogP contribution is -2.56. The first-order chi connectivity index (χ1) is 18.8. The number of rotatable bonds is 11. The van der Waals surface area contributed by atoms with Crippen LogP contribution in [0.4, 0.5) is 4.79 Å². The Balaban J connectivity index is 1.45. The number of likely N-dealkylation sites (tertiary alicyclic amines) is 1. The van der Waals surface area contributed by atoms with Crippen LogP contribution >= 0.6 is 0 Å². The molecule has 8 nitrogen and oxygen atoms in total. The van der Waals surface area contributed by atoms with Gasteiger partial charge in [0.25, 0.3) is 5.91 Å². The number of amides is 3. The van der Waals surface area contributed by atoms with E-state index in [9.17, 15) is 14.4 Å². The van der Waals surface area contributed by atoms with Crippen molar-refractivity contribution in [1.82, 2.24) is 14.7 Å². The zero-order valence-electron chi connectivity index (χ0n) is 23.7. The number of carbonyl (C=O) groups excluding carboxylic acids is 3. The Morgan fingerprint density at radius 2 is 1.69 bits per heavy atom. The van der Waals surface area contributed by atoms with Crippen LogP contribution in [0.25, 0.3) is 0 Å². The summed E-state index contributed by atoms with van der Waals surface area (Å²) in [6.07, 6.45) is 2.15. The molecule has 39 heavy (non-hydrogen) atoms. The number of carbonyl (C=O) groups is 3. The van der Waals surface area contributed by atoms with Gasteiger partial charge >= 0.3 is 12.0 Å². The summed E-state index contributed by atoms with van der Waals surface area (Å²) in [6.45, 7) is 9.36. The lowest BCUT2D eigenvalue weighted by molar-refractivity contribution is -0.142. The molecule has 2 heterocycles. The third kappa shape index (κ3) is 6.61. The van der Waals surface area contributed by atoms with Gasteiger partial charge in [-0.1, -0.05) is 50.2 Å². The van der Waals surface area contributed by atoms with Crippen LogP contribution in [0.15, 0.2) is 48.5 Å². The van der Waals surface area contributed by atoms with Gasteiger partial charge in [-0.2, -0.15) is 0 Å². The second-order valence-electron chi connectivity index (χ2n) is 11.0. The van der Waals surface area contributed by atoms with Gasteiger partial charge in [0.15, 0.2) is 0 Å². The summed E-state index contributed by atoms with van der Waals surface area (Å²) >= 11 is 0. The minimum Gasteiger partial charge on any atom is -0.497 e. The van der Waals surface area contributed by atoms with Crippen molar-refractivity contribution in [3.05, 3.63) is 65.2 Å². The van der Waals surface area contributed by atoms with E-state index in [1.807, 2.05) is 62.1 Å². The molecule has 8 heteroatoms.